The van der Waals surface area contributed by atoms with Gasteiger partial charge in [0.05, 0.1) is 6.61 Å². The number of thiazole rings is 1. The highest BCUT2D eigenvalue weighted by atomic mass is 32.1. The summed E-state index contributed by atoms with van der Waals surface area (Å²) in [4.78, 5) is 17.8. The first-order valence-corrected chi connectivity index (χ1v) is 10.1. The van der Waals surface area contributed by atoms with Gasteiger partial charge in [-0.15, -0.1) is 11.3 Å². The first-order chi connectivity index (χ1) is 14.1. The standard InChI is InChI=1S/C23H21N3O2S/c1-3-28-20-10-8-17(9-11-20)12-19(14-24)22(27)26-23-25-15-21(29-23)13-18-6-4-16(2)5-7-18/h4-12,15H,3,13H2,1-2H3,(H,25,26,27). The molecule has 0 saturated carbocycles. The van der Waals surface area contributed by atoms with Crippen molar-refractivity contribution in [3.63, 3.8) is 0 Å². The summed E-state index contributed by atoms with van der Waals surface area (Å²) in [7, 11) is 0. The van der Waals surface area contributed by atoms with Crippen molar-refractivity contribution in [1.82, 2.24) is 4.98 Å². The van der Waals surface area contributed by atoms with Crippen molar-refractivity contribution >= 4 is 28.5 Å². The van der Waals surface area contributed by atoms with E-state index in [9.17, 15) is 10.1 Å². The van der Waals surface area contributed by atoms with Gasteiger partial charge in [0.2, 0.25) is 0 Å². The van der Waals surface area contributed by atoms with E-state index in [4.69, 9.17) is 4.74 Å². The molecule has 1 N–H and O–H groups in total. The number of aryl methyl sites for hydroxylation is 1. The van der Waals surface area contributed by atoms with Crippen LogP contribution < -0.4 is 10.1 Å². The second-order valence-corrected chi connectivity index (χ2v) is 7.54. The highest BCUT2D eigenvalue weighted by Crippen LogP contribution is 2.22. The van der Waals surface area contributed by atoms with Crippen molar-refractivity contribution in [1.29, 1.82) is 5.26 Å². The monoisotopic (exact) mass is 403 g/mol. The van der Waals surface area contributed by atoms with Gasteiger partial charge in [-0.1, -0.05) is 42.0 Å². The Morgan fingerprint density at radius 2 is 1.93 bits per heavy atom. The molecular formula is C23H21N3O2S. The summed E-state index contributed by atoms with van der Waals surface area (Å²) in [5, 5.41) is 12.6. The number of carbonyl (C=O) groups excluding carboxylic acids is 1. The fourth-order valence-electron chi connectivity index (χ4n) is 2.66. The topological polar surface area (TPSA) is 75.0 Å². The van der Waals surface area contributed by atoms with Gasteiger partial charge in [0, 0.05) is 17.5 Å². The molecule has 1 heterocycles. The molecule has 0 aliphatic heterocycles. The van der Waals surface area contributed by atoms with Gasteiger partial charge < -0.3 is 4.74 Å². The van der Waals surface area contributed by atoms with Gasteiger partial charge in [-0.2, -0.15) is 5.26 Å². The van der Waals surface area contributed by atoms with E-state index in [1.165, 1.54) is 22.5 Å². The lowest BCUT2D eigenvalue weighted by Gasteiger charge is -2.03. The molecule has 0 aliphatic rings. The van der Waals surface area contributed by atoms with Gasteiger partial charge >= 0.3 is 0 Å². The van der Waals surface area contributed by atoms with Crippen LogP contribution in [0.3, 0.4) is 0 Å². The molecule has 0 saturated heterocycles. The predicted molar refractivity (Wildman–Crippen MR) is 116 cm³/mol. The lowest BCUT2D eigenvalue weighted by molar-refractivity contribution is -0.112. The van der Waals surface area contributed by atoms with Crippen molar-refractivity contribution in [2.75, 3.05) is 11.9 Å². The molecule has 0 bridgehead atoms. The molecule has 0 unspecified atom stereocenters. The summed E-state index contributed by atoms with van der Waals surface area (Å²) in [5.74, 6) is 0.272. The maximum Gasteiger partial charge on any atom is 0.268 e. The quantitative estimate of drug-likeness (QED) is 0.446. The molecule has 1 amide bonds. The molecule has 2 aromatic carbocycles. The summed E-state index contributed by atoms with van der Waals surface area (Å²) in [5.41, 5.74) is 3.17. The van der Waals surface area contributed by atoms with Crippen LogP contribution in [0.1, 0.15) is 28.5 Å². The van der Waals surface area contributed by atoms with Gasteiger partial charge in [0.15, 0.2) is 5.13 Å². The number of hydrogen-bond acceptors (Lipinski definition) is 5. The molecule has 5 nitrogen and oxygen atoms in total. The average Bonchev–Trinajstić information content (AvgIpc) is 3.16. The zero-order valence-electron chi connectivity index (χ0n) is 16.3. The minimum atomic E-state index is -0.474. The lowest BCUT2D eigenvalue weighted by atomic mass is 10.1. The Kier molecular flexibility index (Phi) is 6.77. The minimum absolute atomic E-state index is 0.0180. The molecule has 0 spiro atoms. The average molecular weight is 404 g/mol. The van der Waals surface area contributed by atoms with Crippen molar-refractivity contribution in [3.8, 4) is 11.8 Å². The number of aromatic nitrogens is 1. The number of nitrogens with zero attached hydrogens (tertiary/aromatic N) is 2. The molecule has 29 heavy (non-hydrogen) atoms. The zero-order valence-corrected chi connectivity index (χ0v) is 17.1. The summed E-state index contributed by atoms with van der Waals surface area (Å²) in [6, 6.07) is 17.5. The van der Waals surface area contributed by atoms with E-state index in [0.29, 0.717) is 11.7 Å². The number of carbonyl (C=O) groups is 1. The largest absolute Gasteiger partial charge is 0.494 e. The van der Waals surface area contributed by atoms with Gasteiger partial charge in [0.1, 0.15) is 17.4 Å². The molecule has 146 valence electrons. The minimum Gasteiger partial charge on any atom is -0.494 e. The molecular weight excluding hydrogens is 382 g/mol. The normalized spacial score (nSPS) is 11.0. The molecule has 6 heteroatoms. The Morgan fingerprint density at radius 1 is 1.21 bits per heavy atom. The Labute approximate surface area is 174 Å². The third kappa shape index (κ3) is 5.77. The van der Waals surface area contributed by atoms with E-state index < -0.39 is 5.91 Å². The van der Waals surface area contributed by atoms with Gasteiger partial charge in [-0.3, -0.25) is 10.1 Å². The number of nitriles is 1. The fourth-order valence-corrected chi connectivity index (χ4v) is 3.50. The summed E-state index contributed by atoms with van der Waals surface area (Å²) in [6.45, 7) is 4.55. The third-order valence-electron chi connectivity index (χ3n) is 4.14. The van der Waals surface area contributed by atoms with Crippen LogP contribution in [0.15, 0.2) is 60.3 Å². The van der Waals surface area contributed by atoms with Gasteiger partial charge in [-0.05, 0) is 43.2 Å². The van der Waals surface area contributed by atoms with Crippen molar-refractivity contribution < 1.29 is 9.53 Å². The summed E-state index contributed by atoms with van der Waals surface area (Å²) < 4.78 is 5.40. The van der Waals surface area contributed by atoms with Crippen LogP contribution in [0.25, 0.3) is 6.08 Å². The first kappa shape index (κ1) is 20.3. The Hall–Kier alpha value is -3.43. The maximum atomic E-state index is 12.5. The van der Waals surface area contributed by atoms with E-state index >= 15 is 0 Å². The second kappa shape index (κ2) is 9.67. The van der Waals surface area contributed by atoms with Crippen LogP contribution in [0.2, 0.25) is 0 Å². The maximum absolute atomic E-state index is 12.5. The van der Waals surface area contributed by atoms with Gasteiger partial charge in [0.25, 0.3) is 5.91 Å². The van der Waals surface area contributed by atoms with E-state index in [0.717, 1.165) is 22.6 Å². The van der Waals surface area contributed by atoms with E-state index in [2.05, 4.69) is 41.5 Å². The smallest absolute Gasteiger partial charge is 0.268 e. The van der Waals surface area contributed by atoms with Crippen molar-refractivity contribution in [2.24, 2.45) is 0 Å². The summed E-state index contributed by atoms with van der Waals surface area (Å²) in [6.07, 6.45) is 4.05. The Morgan fingerprint density at radius 3 is 2.59 bits per heavy atom. The highest BCUT2D eigenvalue weighted by Gasteiger charge is 2.12. The number of benzene rings is 2. The molecule has 3 rings (SSSR count). The second-order valence-electron chi connectivity index (χ2n) is 6.42. The lowest BCUT2D eigenvalue weighted by Crippen LogP contribution is -2.13. The third-order valence-corrected chi connectivity index (χ3v) is 5.05. The highest BCUT2D eigenvalue weighted by molar-refractivity contribution is 7.15. The number of amides is 1. The van der Waals surface area contributed by atoms with Crippen LogP contribution in [0.5, 0.6) is 5.75 Å². The summed E-state index contributed by atoms with van der Waals surface area (Å²) >= 11 is 1.41. The molecule has 1 aromatic heterocycles. The zero-order chi connectivity index (χ0) is 20.6. The predicted octanol–water partition coefficient (Wildman–Crippen LogP) is 4.99. The molecule has 0 radical (unpaired) electrons. The molecule has 0 aliphatic carbocycles. The van der Waals surface area contributed by atoms with E-state index in [-0.39, 0.29) is 5.57 Å². The van der Waals surface area contributed by atoms with Crippen LogP contribution >= 0.6 is 11.3 Å². The molecule has 3 aromatic rings. The first-order valence-electron chi connectivity index (χ1n) is 9.23. The van der Waals surface area contributed by atoms with Crippen LogP contribution in [-0.2, 0) is 11.2 Å². The Balaban J connectivity index is 1.65. The molecule has 0 atom stereocenters. The number of hydrogen-bond donors (Lipinski definition) is 1. The Bertz CT molecular complexity index is 1040. The number of nitrogens with one attached hydrogen (secondary N) is 1. The fraction of sp³-hybridized carbons (Fsp3) is 0.174. The number of ether oxygens (including phenoxy) is 1. The number of anilines is 1. The number of rotatable bonds is 7. The SMILES string of the molecule is CCOc1ccc(C=C(C#N)C(=O)Nc2ncc(Cc3ccc(C)cc3)s2)cc1. The van der Waals surface area contributed by atoms with Crippen molar-refractivity contribution in [2.45, 2.75) is 20.3 Å². The molecule has 0 fully saturated rings. The van der Waals surface area contributed by atoms with Crippen LogP contribution in [0.4, 0.5) is 5.13 Å². The van der Waals surface area contributed by atoms with Crippen LogP contribution in [0, 0.1) is 18.3 Å². The van der Waals surface area contributed by atoms with Gasteiger partial charge in [-0.25, -0.2) is 4.98 Å². The van der Waals surface area contributed by atoms with Crippen LogP contribution in [-0.4, -0.2) is 17.5 Å². The van der Waals surface area contributed by atoms with E-state index in [1.807, 2.05) is 13.0 Å². The van der Waals surface area contributed by atoms with Crippen molar-refractivity contribution in [3.05, 3.63) is 81.9 Å². The van der Waals surface area contributed by atoms with E-state index in [1.54, 1.807) is 36.5 Å².